The lowest BCUT2D eigenvalue weighted by molar-refractivity contribution is -0.246. The van der Waals surface area contributed by atoms with Crippen LogP contribution in [-0.4, -0.2) is 0 Å². The summed E-state index contributed by atoms with van der Waals surface area (Å²) in [7, 11) is 0. The minimum absolute atomic E-state index is 0.403. The molecule has 3 aliphatic carbocycles. The standard InChI is InChI=1S/C21H38/c1-14-11-15(2)20(10)18(7,8)19(9)13-21(20,12-14)17(5,6)16(19,3)4/h14-15H,11-13H2,1-10H3. The maximum atomic E-state index is 2.67. The van der Waals surface area contributed by atoms with Crippen molar-refractivity contribution in [2.75, 3.05) is 0 Å². The van der Waals surface area contributed by atoms with Crippen LogP contribution in [-0.2, 0) is 0 Å². The van der Waals surface area contributed by atoms with Gasteiger partial charge in [0, 0.05) is 0 Å². The fourth-order valence-electron chi connectivity index (χ4n) is 8.48. The number of hydrogen-bond donors (Lipinski definition) is 0. The van der Waals surface area contributed by atoms with Crippen LogP contribution in [0.2, 0.25) is 0 Å². The summed E-state index contributed by atoms with van der Waals surface area (Å²) >= 11 is 0. The van der Waals surface area contributed by atoms with E-state index in [4.69, 9.17) is 0 Å². The van der Waals surface area contributed by atoms with Crippen molar-refractivity contribution in [3.63, 3.8) is 0 Å². The zero-order chi connectivity index (χ0) is 16.3. The lowest BCUT2D eigenvalue weighted by Crippen LogP contribution is -2.67. The average Bonchev–Trinajstić information content (AvgIpc) is 2.53. The predicted molar refractivity (Wildman–Crippen MR) is 92.2 cm³/mol. The Morgan fingerprint density at radius 2 is 1.24 bits per heavy atom. The van der Waals surface area contributed by atoms with Crippen LogP contribution in [0, 0.1) is 44.3 Å². The minimum Gasteiger partial charge on any atom is -0.0625 e. The topological polar surface area (TPSA) is 0 Å². The maximum absolute atomic E-state index is 2.67. The molecule has 0 aliphatic heterocycles. The van der Waals surface area contributed by atoms with Crippen molar-refractivity contribution in [1.29, 1.82) is 0 Å². The fourth-order valence-corrected chi connectivity index (χ4v) is 8.48. The molecule has 3 aliphatic rings. The molecular weight excluding hydrogens is 252 g/mol. The molecule has 0 nitrogen and oxygen atoms in total. The van der Waals surface area contributed by atoms with Crippen molar-refractivity contribution in [3.8, 4) is 0 Å². The Hall–Kier alpha value is 0. The highest BCUT2D eigenvalue weighted by Gasteiger charge is 2.85. The molecule has 0 aromatic rings. The van der Waals surface area contributed by atoms with Gasteiger partial charge in [-0.2, -0.15) is 0 Å². The van der Waals surface area contributed by atoms with Crippen LogP contribution in [0.15, 0.2) is 0 Å². The summed E-state index contributed by atoms with van der Waals surface area (Å²) in [6, 6.07) is 0. The molecule has 5 unspecified atom stereocenters. The quantitative estimate of drug-likeness (QED) is 0.474. The third kappa shape index (κ3) is 1.15. The molecule has 0 N–H and O–H groups in total. The largest absolute Gasteiger partial charge is 0.0625 e. The van der Waals surface area contributed by atoms with E-state index in [1.165, 1.54) is 19.3 Å². The summed E-state index contributed by atoms with van der Waals surface area (Å²) in [5.41, 5.74) is 2.66. The molecule has 0 heteroatoms. The molecule has 2 bridgehead atoms. The van der Waals surface area contributed by atoms with Crippen LogP contribution in [0.1, 0.15) is 88.5 Å². The summed E-state index contributed by atoms with van der Waals surface area (Å²) < 4.78 is 0. The summed E-state index contributed by atoms with van der Waals surface area (Å²) in [5.74, 6) is 1.73. The Labute approximate surface area is 133 Å². The molecule has 0 amide bonds. The molecule has 0 aromatic heterocycles. The second-order valence-electron chi connectivity index (χ2n) is 11.1. The van der Waals surface area contributed by atoms with Gasteiger partial charge in [-0.3, -0.25) is 0 Å². The first-order chi connectivity index (χ1) is 9.23. The monoisotopic (exact) mass is 290 g/mol. The second-order valence-corrected chi connectivity index (χ2v) is 11.1. The Balaban J connectivity index is 2.34. The van der Waals surface area contributed by atoms with Crippen molar-refractivity contribution in [3.05, 3.63) is 0 Å². The van der Waals surface area contributed by atoms with Gasteiger partial charge in [-0.1, -0.05) is 69.2 Å². The average molecular weight is 291 g/mol. The molecule has 1 spiro atoms. The van der Waals surface area contributed by atoms with Gasteiger partial charge < -0.3 is 0 Å². The summed E-state index contributed by atoms with van der Waals surface area (Å²) in [6.45, 7) is 26.0. The van der Waals surface area contributed by atoms with E-state index in [9.17, 15) is 0 Å². The molecule has 3 saturated carbocycles. The Morgan fingerprint density at radius 1 is 0.714 bits per heavy atom. The molecule has 0 radical (unpaired) electrons. The van der Waals surface area contributed by atoms with Crippen molar-refractivity contribution in [1.82, 2.24) is 0 Å². The van der Waals surface area contributed by atoms with Crippen LogP contribution in [0.4, 0.5) is 0 Å². The first-order valence-corrected chi connectivity index (χ1v) is 9.23. The lowest BCUT2D eigenvalue weighted by atomic mass is 9.32. The van der Waals surface area contributed by atoms with Crippen LogP contribution in [0.3, 0.4) is 0 Å². The van der Waals surface area contributed by atoms with Crippen LogP contribution >= 0.6 is 0 Å². The van der Waals surface area contributed by atoms with E-state index in [-0.39, 0.29) is 0 Å². The van der Waals surface area contributed by atoms with Gasteiger partial charge in [-0.15, -0.1) is 0 Å². The predicted octanol–water partition coefficient (Wildman–Crippen LogP) is 6.55. The van der Waals surface area contributed by atoms with E-state index in [2.05, 4.69) is 69.2 Å². The zero-order valence-corrected chi connectivity index (χ0v) is 16.3. The normalized spacial score (nSPS) is 56.3. The first kappa shape index (κ1) is 15.9. The van der Waals surface area contributed by atoms with Gasteiger partial charge in [0.25, 0.3) is 0 Å². The van der Waals surface area contributed by atoms with E-state index in [0.717, 1.165) is 11.8 Å². The molecule has 0 aromatic carbocycles. The Morgan fingerprint density at radius 3 is 1.76 bits per heavy atom. The van der Waals surface area contributed by atoms with Gasteiger partial charge in [-0.05, 0) is 63.6 Å². The molecule has 5 atom stereocenters. The number of fused-ring (bicyclic) bond motifs is 1. The van der Waals surface area contributed by atoms with Crippen molar-refractivity contribution in [2.24, 2.45) is 44.3 Å². The van der Waals surface area contributed by atoms with Gasteiger partial charge in [0.2, 0.25) is 0 Å². The van der Waals surface area contributed by atoms with Gasteiger partial charge in [0.1, 0.15) is 0 Å². The highest BCUT2D eigenvalue weighted by atomic mass is 14.9. The second kappa shape index (κ2) is 3.57. The van der Waals surface area contributed by atoms with E-state index >= 15 is 0 Å². The van der Waals surface area contributed by atoms with E-state index < -0.39 is 0 Å². The van der Waals surface area contributed by atoms with Gasteiger partial charge >= 0.3 is 0 Å². The summed E-state index contributed by atoms with van der Waals surface area (Å²) in [4.78, 5) is 0. The minimum atomic E-state index is 0.403. The van der Waals surface area contributed by atoms with Gasteiger partial charge in [0.05, 0.1) is 0 Å². The van der Waals surface area contributed by atoms with E-state index in [1.807, 2.05) is 0 Å². The molecule has 3 fully saturated rings. The highest BCUT2D eigenvalue weighted by molar-refractivity contribution is 5.33. The lowest BCUT2D eigenvalue weighted by Gasteiger charge is -2.72. The molecule has 0 saturated heterocycles. The van der Waals surface area contributed by atoms with E-state index in [1.54, 1.807) is 0 Å². The fraction of sp³-hybridized carbons (Fsp3) is 1.00. The van der Waals surface area contributed by atoms with Crippen molar-refractivity contribution >= 4 is 0 Å². The van der Waals surface area contributed by atoms with Gasteiger partial charge in [-0.25, -0.2) is 0 Å². The number of hydrogen-bond acceptors (Lipinski definition) is 0. The number of rotatable bonds is 0. The Kier molecular flexibility index (Phi) is 2.70. The SMILES string of the molecule is CC1CC(C)C2(C)C(C)(C)C3(C)CC2(C1)C(C)(C)C3(C)C. The van der Waals surface area contributed by atoms with Crippen LogP contribution in [0.25, 0.3) is 0 Å². The third-order valence-corrected chi connectivity index (χ3v) is 10.9. The van der Waals surface area contributed by atoms with Gasteiger partial charge in [0.15, 0.2) is 0 Å². The summed E-state index contributed by atoms with van der Waals surface area (Å²) in [6.07, 6.45) is 4.32. The summed E-state index contributed by atoms with van der Waals surface area (Å²) in [5, 5.41) is 0. The van der Waals surface area contributed by atoms with E-state index in [0.29, 0.717) is 32.5 Å². The Bertz CT molecular complexity index is 482. The van der Waals surface area contributed by atoms with Crippen molar-refractivity contribution < 1.29 is 0 Å². The molecule has 21 heavy (non-hydrogen) atoms. The van der Waals surface area contributed by atoms with Crippen molar-refractivity contribution in [2.45, 2.75) is 88.5 Å². The molecular formula is C21H38. The maximum Gasteiger partial charge on any atom is -0.0171 e. The van der Waals surface area contributed by atoms with Crippen LogP contribution < -0.4 is 0 Å². The third-order valence-electron chi connectivity index (χ3n) is 10.9. The molecule has 0 heterocycles. The smallest absolute Gasteiger partial charge is 0.0171 e. The van der Waals surface area contributed by atoms with Crippen LogP contribution in [0.5, 0.6) is 0 Å². The highest BCUT2D eigenvalue weighted by Crippen LogP contribution is 2.91. The molecule has 3 rings (SSSR count). The zero-order valence-electron chi connectivity index (χ0n) is 16.3. The molecule has 122 valence electrons. The first-order valence-electron chi connectivity index (χ1n) is 9.23.